The topological polar surface area (TPSA) is 72.9 Å². The molecule has 0 spiro atoms. The van der Waals surface area contributed by atoms with Gasteiger partial charge in [0.2, 0.25) is 17.7 Å². The maximum Gasteiger partial charge on any atom is 0.228 e. The Morgan fingerprint density at radius 2 is 1.87 bits per heavy atom. The van der Waals surface area contributed by atoms with E-state index in [-0.39, 0.29) is 0 Å². The molecule has 124 valence electrons. The Bertz CT molecular complexity index is 671. The van der Waals surface area contributed by atoms with E-state index in [0.717, 1.165) is 30.1 Å². The Morgan fingerprint density at radius 1 is 1.09 bits per heavy atom. The normalized spacial score (nSPS) is 19.5. The van der Waals surface area contributed by atoms with Crippen molar-refractivity contribution in [2.24, 2.45) is 5.92 Å². The smallest absolute Gasteiger partial charge is 0.228 e. The van der Waals surface area contributed by atoms with Crippen molar-refractivity contribution >= 4 is 17.7 Å². The third-order valence-corrected chi connectivity index (χ3v) is 5.45. The number of anilines is 1. The first-order valence-electron chi connectivity index (χ1n) is 8.32. The first-order chi connectivity index (χ1) is 11.2. The van der Waals surface area contributed by atoms with Crippen molar-refractivity contribution in [2.45, 2.75) is 56.5 Å². The fourth-order valence-corrected chi connectivity index (χ4v) is 3.80. The molecule has 0 amide bonds. The molecule has 1 aliphatic heterocycles. The van der Waals surface area contributed by atoms with Crippen LogP contribution < -0.4 is 4.90 Å². The van der Waals surface area contributed by atoms with Crippen LogP contribution in [-0.2, 0) is 5.75 Å². The zero-order valence-corrected chi connectivity index (χ0v) is 14.4. The number of hydrogen-bond donors (Lipinski definition) is 0. The van der Waals surface area contributed by atoms with Gasteiger partial charge in [-0.1, -0.05) is 18.7 Å². The maximum atomic E-state index is 5.45. The number of thioether (sulfide) groups is 1. The van der Waals surface area contributed by atoms with Crippen LogP contribution in [0.15, 0.2) is 9.57 Å². The molecule has 2 fully saturated rings. The number of aryl methyl sites for hydroxylation is 1. The summed E-state index contributed by atoms with van der Waals surface area (Å²) in [5.74, 6) is 3.75. The highest BCUT2D eigenvalue weighted by atomic mass is 32.2. The Morgan fingerprint density at radius 3 is 2.52 bits per heavy atom. The van der Waals surface area contributed by atoms with Crippen LogP contribution >= 0.6 is 11.8 Å². The third kappa shape index (κ3) is 3.22. The van der Waals surface area contributed by atoms with Gasteiger partial charge in [0.1, 0.15) is 0 Å². The number of piperidine rings is 1. The lowest BCUT2D eigenvalue weighted by molar-refractivity contribution is 0.429. The third-order valence-electron chi connectivity index (χ3n) is 4.52. The molecule has 8 heteroatoms. The van der Waals surface area contributed by atoms with Crippen LogP contribution in [0.25, 0.3) is 0 Å². The molecule has 0 bridgehead atoms. The highest BCUT2D eigenvalue weighted by Gasteiger charge is 2.32. The second-order valence-corrected chi connectivity index (χ2v) is 7.50. The first-order valence-corrected chi connectivity index (χ1v) is 9.31. The minimum absolute atomic E-state index is 0.561. The number of nitrogens with zero attached hydrogens (tertiary/aromatic N) is 6. The second kappa shape index (κ2) is 6.14. The molecule has 1 saturated carbocycles. The van der Waals surface area contributed by atoms with Gasteiger partial charge in [0, 0.05) is 26.1 Å². The van der Waals surface area contributed by atoms with Crippen LogP contribution in [-0.4, -0.2) is 38.1 Å². The van der Waals surface area contributed by atoms with E-state index in [1.165, 1.54) is 25.7 Å². The molecule has 0 radical (unpaired) electrons. The van der Waals surface area contributed by atoms with Gasteiger partial charge in [-0.3, -0.25) is 4.57 Å². The standard InChI is InChI=1S/C15H22N6OS/c1-10-5-7-20(8-6-10)14-18-19-15(21(14)12-3-4-12)23-9-13-17-16-11(2)22-13/h10,12H,3-9H2,1-2H3. The molecule has 0 unspecified atom stereocenters. The number of hydrogen-bond acceptors (Lipinski definition) is 7. The van der Waals surface area contributed by atoms with E-state index in [4.69, 9.17) is 4.42 Å². The maximum absolute atomic E-state index is 5.45. The van der Waals surface area contributed by atoms with E-state index >= 15 is 0 Å². The van der Waals surface area contributed by atoms with Crippen molar-refractivity contribution in [2.75, 3.05) is 18.0 Å². The van der Waals surface area contributed by atoms with Crippen molar-refractivity contribution in [3.8, 4) is 0 Å². The quantitative estimate of drug-likeness (QED) is 0.778. The SMILES string of the molecule is Cc1nnc(CSc2nnc(N3CCC(C)CC3)n2C2CC2)o1. The summed E-state index contributed by atoms with van der Waals surface area (Å²) >= 11 is 1.63. The van der Waals surface area contributed by atoms with Crippen LogP contribution in [0.3, 0.4) is 0 Å². The van der Waals surface area contributed by atoms with Crippen molar-refractivity contribution in [1.82, 2.24) is 25.0 Å². The van der Waals surface area contributed by atoms with E-state index < -0.39 is 0 Å². The van der Waals surface area contributed by atoms with Gasteiger partial charge in [-0.05, 0) is 31.6 Å². The Labute approximate surface area is 139 Å². The second-order valence-electron chi connectivity index (χ2n) is 6.56. The molecule has 2 aliphatic rings. The predicted molar refractivity (Wildman–Crippen MR) is 87.5 cm³/mol. The lowest BCUT2D eigenvalue weighted by Crippen LogP contribution is -2.34. The molecule has 1 saturated heterocycles. The summed E-state index contributed by atoms with van der Waals surface area (Å²) in [5.41, 5.74) is 0. The van der Waals surface area contributed by atoms with E-state index in [9.17, 15) is 0 Å². The van der Waals surface area contributed by atoms with Crippen LogP contribution in [0.4, 0.5) is 5.95 Å². The van der Waals surface area contributed by atoms with Gasteiger partial charge in [0.05, 0.1) is 5.75 Å². The summed E-state index contributed by atoms with van der Waals surface area (Å²) in [5, 5.41) is 17.8. The van der Waals surface area contributed by atoms with E-state index in [1.54, 1.807) is 11.8 Å². The zero-order valence-electron chi connectivity index (χ0n) is 13.6. The molecule has 2 aromatic heterocycles. The molecule has 4 rings (SSSR count). The molecule has 0 aromatic carbocycles. The van der Waals surface area contributed by atoms with E-state index in [2.05, 4.69) is 36.8 Å². The molecule has 2 aromatic rings. The predicted octanol–water partition coefficient (Wildman–Crippen LogP) is 2.83. The molecule has 0 atom stereocenters. The minimum atomic E-state index is 0.561. The molecule has 0 N–H and O–H groups in total. The fraction of sp³-hybridized carbons (Fsp3) is 0.733. The molecular formula is C15H22N6OS. The molecular weight excluding hydrogens is 312 g/mol. The highest BCUT2D eigenvalue weighted by Crippen LogP contribution is 2.41. The summed E-state index contributed by atoms with van der Waals surface area (Å²) in [4.78, 5) is 2.40. The van der Waals surface area contributed by atoms with Crippen molar-refractivity contribution < 1.29 is 4.42 Å². The summed E-state index contributed by atoms with van der Waals surface area (Å²) in [6, 6.07) is 0.561. The van der Waals surface area contributed by atoms with Crippen molar-refractivity contribution in [3.63, 3.8) is 0 Å². The Kier molecular flexibility index (Phi) is 4.00. The van der Waals surface area contributed by atoms with E-state index in [0.29, 0.717) is 23.6 Å². The van der Waals surface area contributed by atoms with Gasteiger partial charge in [0.25, 0.3) is 0 Å². The summed E-state index contributed by atoms with van der Waals surface area (Å²) in [7, 11) is 0. The molecule has 23 heavy (non-hydrogen) atoms. The van der Waals surface area contributed by atoms with Gasteiger partial charge in [-0.15, -0.1) is 20.4 Å². The first kappa shape index (κ1) is 15.0. The van der Waals surface area contributed by atoms with Gasteiger partial charge in [0.15, 0.2) is 5.16 Å². The highest BCUT2D eigenvalue weighted by molar-refractivity contribution is 7.98. The van der Waals surface area contributed by atoms with Crippen LogP contribution in [0, 0.1) is 12.8 Å². The summed E-state index contributed by atoms with van der Waals surface area (Å²) in [6.45, 7) is 6.30. The molecule has 7 nitrogen and oxygen atoms in total. The Balaban J connectivity index is 1.51. The average Bonchev–Trinajstić information content (AvgIpc) is 3.16. The minimum Gasteiger partial charge on any atom is -0.425 e. The van der Waals surface area contributed by atoms with Gasteiger partial charge in [-0.2, -0.15) is 0 Å². The largest absolute Gasteiger partial charge is 0.425 e. The molecule has 3 heterocycles. The van der Waals surface area contributed by atoms with Crippen LogP contribution in [0.5, 0.6) is 0 Å². The van der Waals surface area contributed by atoms with Crippen LogP contribution in [0.2, 0.25) is 0 Å². The lowest BCUT2D eigenvalue weighted by Gasteiger charge is -2.31. The van der Waals surface area contributed by atoms with Gasteiger partial charge in [-0.25, -0.2) is 0 Å². The lowest BCUT2D eigenvalue weighted by atomic mass is 10.00. The zero-order chi connectivity index (χ0) is 15.8. The Hall–Kier alpha value is -1.57. The summed E-state index contributed by atoms with van der Waals surface area (Å²) in [6.07, 6.45) is 4.92. The average molecular weight is 334 g/mol. The van der Waals surface area contributed by atoms with Crippen molar-refractivity contribution in [1.29, 1.82) is 0 Å². The number of rotatable bonds is 5. The van der Waals surface area contributed by atoms with Crippen LogP contribution in [0.1, 0.15) is 50.4 Å². The van der Waals surface area contributed by atoms with E-state index in [1.807, 2.05) is 6.92 Å². The summed E-state index contributed by atoms with van der Waals surface area (Å²) < 4.78 is 7.77. The molecule has 1 aliphatic carbocycles. The number of aromatic nitrogens is 5. The van der Waals surface area contributed by atoms with Crippen molar-refractivity contribution in [3.05, 3.63) is 11.8 Å². The van der Waals surface area contributed by atoms with Gasteiger partial charge < -0.3 is 9.32 Å². The van der Waals surface area contributed by atoms with Gasteiger partial charge >= 0.3 is 0 Å². The monoisotopic (exact) mass is 334 g/mol. The fourth-order valence-electron chi connectivity index (χ4n) is 2.97.